The Labute approximate surface area is 61.0 Å². The normalized spacial score (nSPS) is 13.5. The van der Waals surface area contributed by atoms with E-state index in [-0.39, 0.29) is 0 Å². The van der Waals surface area contributed by atoms with Gasteiger partial charge in [-0.15, -0.1) is 0 Å². The van der Waals surface area contributed by atoms with Crippen LogP contribution in [0, 0.1) is 0 Å². The van der Waals surface area contributed by atoms with Gasteiger partial charge in [0.1, 0.15) is 0 Å². The van der Waals surface area contributed by atoms with Crippen molar-refractivity contribution in [3.63, 3.8) is 0 Å². The Hall–Kier alpha value is -0.830. The molecule has 3 nitrogen and oxygen atoms in total. The molecule has 0 fully saturated rings. The highest BCUT2D eigenvalue weighted by Gasteiger charge is 2.03. The molecule has 0 aliphatic heterocycles. The van der Waals surface area contributed by atoms with Gasteiger partial charge in [-0.25, -0.2) is 0 Å². The standard InChI is InChI=1S/C7H13N3/c1-6(8-2)7-4-5-10(3)9-7/h4-6,8H,1-3H3. The zero-order valence-corrected chi connectivity index (χ0v) is 6.63. The molecular weight excluding hydrogens is 126 g/mol. The van der Waals surface area contributed by atoms with E-state index >= 15 is 0 Å². The molecule has 0 saturated heterocycles. The zero-order valence-electron chi connectivity index (χ0n) is 6.63. The lowest BCUT2D eigenvalue weighted by atomic mass is 10.2. The molecule has 1 aromatic heterocycles. The molecule has 1 heterocycles. The summed E-state index contributed by atoms with van der Waals surface area (Å²) < 4.78 is 1.81. The minimum absolute atomic E-state index is 0.348. The summed E-state index contributed by atoms with van der Waals surface area (Å²) in [7, 11) is 3.85. The molecule has 1 rings (SSSR count). The summed E-state index contributed by atoms with van der Waals surface area (Å²) in [6.07, 6.45) is 1.95. The van der Waals surface area contributed by atoms with Crippen molar-refractivity contribution in [3.8, 4) is 0 Å². The molecule has 0 radical (unpaired) electrons. The predicted octanol–water partition coefficient (Wildman–Crippen LogP) is 0.700. The Morgan fingerprint density at radius 1 is 1.70 bits per heavy atom. The van der Waals surface area contributed by atoms with Gasteiger partial charge in [0.15, 0.2) is 0 Å². The monoisotopic (exact) mass is 139 g/mol. The van der Waals surface area contributed by atoms with Crippen LogP contribution in [0.25, 0.3) is 0 Å². The third-order valence-corrected chi connectivity index (χ3v) is 1.61. The number of hydrogen-bond acceptors (Lipinski definition) is 2. The van der Waals surface area contributed by atoms with E-state index < -0.39 is 0 Å². The maximum absolute atomic E-state index is 4.24. The highest BCUT2D eigenvalue weighted by atomic mass is 15.3. The Bertz CT molecular complexity index is 204. The van der Waals surface area contributed by atoms with E-state index in [1.165, 1.54) is 0 Å². The first-order valence-electron chi connectivity index (χ1n) is 3.41. The van der Waals surface area contributed by atoms with Crippen LogP contribution in [0.15, 0.2) is 12.3 Å². The smallest absolute Gasteiger partial charge is 0.0790 e. The van der Waals surface area contributed by atoms with Crippen LogP contribution < -0.4 is 5.32 Å². The maximum atomic E-state index is 4.24. The second-order valence-electron chi connectivity index (χ2n) is 2.42. The van der Waals surface area contributed by atoms with Crippen molar-refractivity contribution >= 4 is 0 Å². The first-order chi connectivity index (χ1) is 4.74. The van der Waals surface area contributed by atoms with Gasteiger partial charge in [0, 0.05) is 19.3 Å². The van der Waals surface area contributed by atoms with Gasteiger partial charge in [-0.05, 0) is 20.0 Å². The van der Waals surface area contributed by atoms with Gasteiger partial charge in [-0.3, -0.25) is 4.68 Å². The van der Waals surface area contributed by atoms with E-state index in [4.69, 9.17) is 0 Å². The molecule has 1 unspecified atom stereocenters. The van der Waals surface area contributed by atoms with Crippen molar-refractivity contribution in [2.45, 2.75) is 13.0 Å². The third-order valence-electron chi connectivity index (χ3n) is 1.61. The van der Waals surface area contributed by atoms with Gasteiger partial charge in [0.05, 0.1) is 5.69 Å². The molecule has 0 spiro atoms. The van der Waals surface area contributed by atoms with Crippen molar-refractivity contribution in [3.05, 3.63) is 18.0 Å². The van der Waals surface area contributed by atoms with Crippen LogP contribution in [0.2, 0.25) is 0 Å². The predicted molar refractivity (Wildman–Crippen MR) is 40.7 cm³/mol. The fourth-order valence-corrected chi connectivity index (χ4v) is 0.812. The molecule has 1 N–H and O–H groups in total. The van der Waals surface area contributed by atoms with E-state index in [1.54, 1.807) is 0 Å². The summed E-state index contributed by atoms with van der Waals surface area (Å²) in [6, 6.07) is 2.36. The molecule has 10 heavy (non-hydrogen) atoms. The second-order valence-corrected chi connectivity index (χ2v) is 2.42. The van der Waals surface area contributed by atoms with Gasteiger partial charge in [-0.2, -0.15) is 5.10 Å². The Balaban J connectivity index is 2.74. The summed E-state index contributed by atoms with van der Waals surface area (Å²) in [5.41, 5.74) is 1.09. The zero-order chi connectivity index (χ0) is 7.56. The third kappa shape index (κ3) is 1.36. The number of nitrogens with zero attached hydrogens (tertiary/aromatic N) is 2. The van der Waals surface area contributed by atoms with Crippen LogP contribution in [0.3, 0.4) is 0 Å². The van der Waals surface area contributed by atoms with Gasteiger partial charge in [-0.1, -0.05) is 0 Å². The van der Waals surface area contributed by atoms with E-state index in [0.717, 1.165) is 5.69 Å². The van der Waals surface area contributed by atoms with Gasteiger partial charge in [0.2, 0.25) is 0 Å². The molecule has 1 atom stereocenters. The fraction of sp³-hybridized carbons (Fsp3) is 0.571. The lowest BCUT2D eigenvalue weighted by molar-refractivity contribution is 0.611. The molecule has 3 heteroatoms. The highest BCUT2D eigenvalue weighted by Crippen LogP contribution is 2.06. The summed E-state index contributed by atoms with van der Waals surface area (Å²) in [5.74, 6) is 0. The largest absolute Gasteiger partial charge is 0.312 e. The van der Waals surface area contributed by atoms with Gasteiger partial charge in [0.25, 0.3) is 0 Å². The summed E-state index contributed by atoms with van der Waals surface area (Å²) >= 11 is 0. The van der Waals surface area contributed by atoms with Crippen molar-refractivity contribution in [2.75, 3.05) is 7.05 Å². The van der Waals surface area contributed by atoms with Gasteiger partial charge < -0.3 is 5.32 Å². The van der Waals surface area contributed by atoms with Crippen LogP contribution >= 0.6 is 0 Å². The molecular formula is C7H13N3. The van der Waals surface area contributed by atoms with Crippen LogP contribution in [-0.4, -0.2) is 16.8 Å². The maximum Gasteiger partial charge on any atom is 0.0790 e. The molecule has 0 saturated carbocycles. The number of rotatable bonds is 2. The minimum atomic E-state index is 0.348. The first-order valence-corrected chi connectivity index (χ1v) is 3.41. The van der Waals surface area contributed by atoms with Crippen LogP contribution in [-0.2, 0) is 7.05 Å². The number of nitrogens with one attached hydrogen (secondary N) is 1. The average molecular weight is 139 g/mol. The number of aryl methyl sites for hydroxylation is 1. The van der Waals surface area contributed by atoms with Crippen molar-refractivity contribution in [2.24, 2.45) is 7.05 Å². The highest BCUT2D eigenvalue weighted by molar-refractivity contribution is 5.03. The number of aromatic nitrogens is 2. The molecule has 0 bridgehead atoms. The SMILES string of the molecule is CNC(C)c1ccn(C)n1. The minimum Gasteiger partial charge on any atom is -0.312 e. The molecule has 1 aromatic rings. The van der Waals surface area contributed by atoms with E-state index in [2.05, 4.69) is 17.3 Å². The van der Waals surface area contributed by atoms with E-state index in [0.29, 0.717) is 6.04 Å². The van der Waals surface area contributed by atoms with Crippen LogP contribution in [0.4, 0.5) is 0 Å². The Morgan fingerprint density at radius 2 is 2.40 bits per heavy atom. The van der Waals surface area contributed by atoms with E-state index in [9.17, 15) is 0 Å². The van der Waals surface area contributed by atoms with Crippen molar-refractivity contribution in [1.29, 1.82) is 0 Å². The lowest BCUT2D eigenvalue weighted by Gasteiger charge is -2.04. The molecule has 0 aliphatic rings. The van der Waals surface area contributed by atoms with Crippen molar-refractivity contribution < 1.29 is 0 Å². The Kier molecular flexibility index (Phi) is 2.06. The fourth-order valence-electron chi connectivity index (χ4n) is 0.812. The first kappa shape index (κ1) is 7.28. The molecule has 0 aliphatic carbocycles. The quantitative estimate of drug-likeness (QED) is 0.653. The van der Waals surface area contributed by atoms with Gasteiger partial charge >= 0.3 is 0 Å². The molecule has 0 amide bonds. The summed E-state index contributed by atoms with van der Waals surface area (Å²) in [4.78, 5) is 0. The topological polar surface area (TPSA) is 29.9 Å². The summed E-state index contributed by atoms with van der Waals surface area (Å²) in [5, 5.41) is 7.35. The van der Waals surface area contributed by atoms with Crippen molar-refractivity contribution in [1.82, 2.24) is 15.1 Å². The van der Waals surface area contributed by atoms with E-state index in [1.807, 2.05) is 31.0 Å². The molecule has 0 aromatic carbocycles. The average Bonchev–Trinajstić information content (AvgIpc) is 2.34. The summed E-state index contributed by atoms with van der Waals surface area (Å²) in [6.45, 7) is 2.09. The Morgan fingerprint density at radius 3 is 2.80 bits per heavy atom. The van der Waals surface area contributed by atoms with Crippen LogP contribution in [0.5, 0.6) is 0 Å². The molecule has 56 valence electrons. The number of hydrogen-bond donors (Lipinski definition) is 1. The second kappa shape index (κ2) is 2.84. The van der Waals surface area contributed by atoms with Crippen LogP contribution in [0.1, 0.15) is 18.7 Å². The lowest BCUT2D eigenvalue weighted by Crippen LogP contribution is -2.12.